The van der Waals surface area contributed by atoms with Crippen LogP contribution in [-0.2, 0) is 14.9 Å². The van der Waals surface area contributed by atoms with Gasteiger partial charge >= 0.3 is 0 Å². The maximum atomic E-state index is 12.4. The standard InChI is InChI=1S/C17H18Cl2N2O4S/c1-11(15-9-6-13(18)10-16(15)19)20-17(22)12-4-7-14(8-5-12)26(23,24)21(2)25-3/h4-11H,1-3H3,(H,20,22)/t11-/m1/s1. The maximum absolute atomic E-state index is 12.4. The van der Waals surface area contributed by atoms with Gasteiger partial charge in [-0.1, -0.05) is 33.7 Å². The summed E-state index contributed by atoms with van der Waals surface area (Å²) < 4.78 is 25.0. The zero-order valence-electron chi connectivity index (χ0n) is 14.4. The number of nitrogens with zero attached hydrogens (tertiary/aromatic N) is 1. The Morgan fingerprint density at radius 2 is 1.77 bits per heavy atom. The number of hydrogen-bond acceptors (Lipinski definition) is 4. The lowest BCUT2D eigenvalue weighted by Gasteiger charge is -2.17. The number of sulfonamides is 1. The summed E-state index contributed by atoms with van der Waals surface area (Å²) in [6.07, 6.45) is 0. The van der Waals surface area contributed by atoms with Crippen molar-refractivity contribution in [3.63, 3.8) is 0 Å². The molecule has 2 aromatic rings. The van der Waals surface area contributed by atoms with Crippen LogP contribution < -0.4 is 5.32 Å². The quantitative estimate of drug-likeness (QED) is 0.728. The van der Waals surface area contributed by atoms with Crippen molar-refractivity contribution in [1.29, 1.82) is 0 Å². The summed E-state index contributed by atoms with van der Waals surface area (Å²) in [5.41, 5.74) is 1.05. The number of amides is 1. The number of benzene rings is 2. The molecule has 0 aliphatic rings. The van der Waals surface area contributed by atoms with Crippen LogP contribution >= 0.6 is 23.2 Å². The third-order valence-electron chi connectivity index (χ3n) is 3.79. The molecule has 0 bridgehead atoms. The lowest BCUT2D eigenvalue weighted by Crippen LogP contribution is -2.27. The Hall–Kier alpha value is -1.64. The van der Waals surface area contributed by atoms with Crippen molar-refractivity contribution < 1.29 is 18.0 Å². The summed E-state index contributed by atoms with van der Waals surface area (Å²) in [7, 11) is -1.22. The molecule has 140 valence electrons. The molecule has 0 saturated heterocycles. The van der Waals surface area contributed by atoms with Crippen LogP contribution in [0.15, 0.2) is 47.4 Å². The van der Waals surface area contributed by atoms with E-state index in [1.54, 1.807) is 25.1 Å². The van der Waals surface area contributed by atoms with Crippen molar-refractivity contribution >= 4 is 39.1 Å². The molecule has 0 aliphatic carbocycles. The van der Waals surface area contributed by atoms with E-state index in [2.05, 4.69) is 5.32 Å². The highest BCUT2D eigenvalue weighted by atomic mass is 35.5. The Morgan fingerprint density at radius 3 is 2.31 bits per heavy atom. The number of halogens is 2. The van der Waals surface area contributed by atoms with E-state index in [0.29, 0.717) is 15.6 Å². The fourth-order valence-electron chi connectivity index (χ4n) is 2.24. The van der Waals surface area contributed by atoms with Crippen molar-refractivity contribution in [3.8, 4) is 0 Å². The van der Waals surface area contributed by atoms with Gasteiger partial charge in [0.1, 0.15) is 0 Å². The van der Waals surface area contributed by atoms with Crippen LogP contribution in [0.4, 0.5) is 0 Å². The second kappa shape index (κ2) is 8.37. The van der Waals surface area contributed by atoms with E-state index in [4.69, 9.17) is 28.0 Å². The van der Waals surface area contributed by atoms with E-state index >= 15 is 0 Å². The molecular formula is C17H18Cl2N2O4S. The van der Waals surface area contributed by atoms with Crippen LogP contribution in [0, 0.1) is 0 Å². The molecule has 0 spiro atoms. The molecule has 0 radical (unpaired) electrons. The SMILES string of the molecule is CON(C)S(=O)(=O)c1ccc(C(=O)N[C@H](C)c2ccc(Cl)cc2Cl)cc1. The first-order chi connectivity index (χ1) is 12.2. The van der Waals surface area contributed by atoms with Gasteiger partial charge in [0, 0.05) is 22.7 Å². The predicted molar refractivity (Wildman–Crippen MR) is 101 cm³/mol. The first-order valence-electron chi connectivity index (χ1n) is 7.55. The first-order valence-corrected chi connectivity index (χ1v) is 9.75. The summed E-state index contributed by atoms with van der Waals surface area (Å²) >= 11 is 12.0. The van der Waals surface area contributed by atoms with Gasteiger partial charge in [0.2, 0.25) is 0 Å². The van der Waals surface area contributed by atoms with Gasteiger partial charge in [0.15, 0.2) is 0 Å². The highest BCUT2D eigenvalue weighted by molar-refractivity contribution is 7.89. The number of hydrogen-bond donors (Lipinski definition) is 1. The Balaban J connectivity index is 2.15. The van der Waals surface area contributed by atoms with Crippen LogP contribution in [0.2, 0.25) is 10.0 Å². The monoisotopic (exact) mass is 416 g/mol. The lowest BCUT2D eigenvalue weighted by atomic mass is 10.1. The fourth-order valence-corrected chi connectivity index (χ4v) is 3.78. The number of carbonyl (C=O) groups excluding carboxylic acids is 1. The van der Waals surface area contributed by atoms with Gasteiger partial charge in [-0.25, -0.2) is 8.42 Å². The Kier molecular flexibility index (Phi) is 6.65. The molecule has 6 nitrogen and oxygen atoms in total. The smallest absolute Gasteiger partial charge is 0.264 e. The molecular weight excluding hydrogens is 399 g/mol. The van der Waals surface area contributed by atoms with Crippen LogP contribution in [0.3, 0.4) is 0 Å². The van der Waals surface area contributed by atoms with Gasteiger partial charge in [-0.05, 0) is 48.9 Å². The molecule has 2 aromatic carbocycles. The van der Waals surface area contributed by atoms with Crippen LogP contribution in [0.1, 0.15) is 28.9 Å². The van der Waals surface area contributed by atoms with Gasteiger partial charge in [0.05, 0.1) is 18.0 Å². The number of rotatable bonds is 6. The van der Waals surface area contributed by atoms with Crippen molar-refractivity contribution in [1.82, 2.24) is 9.79 Å². The third kappa shape index (κ3) is 4.55. The number of hydroxylamine groups is 1. The Bertz CT molecular complexity index is 901. The second-order valence-electron chi connectivity index (χ2n) is 5.48. The molecule has 0 saturated carbocycles. The molecule has 1 N–H and O–H groups in total. The molecule has 9 heteroatoms. The molecule has 1 amide bonds. The zero-order chi connectivity index (χ0) is 19.5. The minimum Gasteiger partial charge on any atom is -0.345 e. The Morgan fingerprint density at radius 1 is 1.15 bits per heavy atom. The summed E-state index contributed by atoms with van der Waals surface area (Å²) in [4.78, 5) is 17.1. The van der Waals surface area contributed by atoms with E-state index in [-0.39, 0.29) is 16.8 Å². The number of nitrogens with one attached hydrogen (secondary N) is 1. The van der Waals surface area contributed by atoms with Gasteiger partial charge in [0.25, 0.3) is 15.9 Å². The van der Waals surface area contributed by atoms with Crippen molar-refractivity contribution in [2.45, 2.75) is 17.9 Å². The average molecular weight is 417 g/mol. The van der Waals surface area contributed by atoms with Crippen molar-refractivity contribution in [3.05, 3.63) is 63.6 Å². The van der Waals surface area contributed by atoms with Gasteiger partial charge in [-0.3, -0.25) is 9.63 Å². The second-order valence-corrected chi connectivity index (χ2v) is 8.26. The summed E-state index contributed by atoms with van der Waals surface area (Å²) in [5.74, 6) is -0.354. The van der Waals surface area contributed by atoms with Gasteiger partial charge < -0.3 is 5.32 Å². The highest BCUT2D eigenvalue weighted by Crippen LogP contribution is 2.26. The van der Waals surface area contributed by atoms with Crippen molar-refractivity contribution in [2.24, 2.45) is 0 Å². The third-order valence-corrected chi connectivity index (χ3v) is 6.04. The Labute approximate surface area is 162 Å². The average Bonchev–Trinajstić information content (AvgIpc) is 2.60. The minimum absolute atomic E-state index is 0.0206. The molecule has 2 rings (SSSR count). The summed E-state index contributed by atoms with van der Waals surface area (Å²) in [6.45, 7) is 1.79. The first kappa shape index (κ1) is 20.7. The van der Waals surface area contributed by atoms with E-state index in [9.17, 15) is 13.2 Å². The number of carbonyl (C=O) groups is 1. The molecule has 0 fully saturated rings. The van der Waals surface area contributed by atoms with Crippen LogP contribution in [-0.4, -0.2) is 33.0 Å². The fraction of sp³-hybridized carbons (Fsp3) is 0.235. The van der Waals surface area contributed by atoms with E-state index < -0.39 is 10.0 Å². The lowest BCUT2D eigenvalue weighted by molar-refractivity contribution is -0.0258. The minimum atomic E-state index is -3.76. The molecule has 0 unspecified atom stereocenters. The summed E-state index contributed by atoms with van der Waals surface area (Å²) in [5, 5.41) is 3.78. The molecule has 0 heterocycles. The summed E-state index contributed by atoms with van der Waals surface area (Å²) in [6, 6.07) is 10.2. The van der Waals surface area contributed by atoms with Gasteiger partial charge in [-0.2, -0.15) is 0 Å². The highest BCUT2D eigenvalue weighted by Gasteiger charge is 2.21. The predicted octanol–water partition coefficient (Wildman–Crippen LogP) is 3.67. The normalized spacial score (nSPS) is 12.8. The molecule has 26 heavy (non-hydrogen) atoms. The van der Waals surface area contributed by atoms with Crippen molar-refractivity contribution in [2.75, 3.05) is 14.2 Å². The molecule has 1 atom stereocenters. The van der Waals surface area contributed by atoms with Crippen LogP contribution in [0.25, 0.3) is 0 Å². The zero-order valence-corrected chi connectivity index (χ0v) is 16.7. The van der Waals surface area contributed by atoms with E-state index in [1.165, 1.54) is 38.4 Å². The topological polar surface area (TPSA) is 75.7 Å². The van der Waals surface area contributed by atoms with E-state index in [0.717, 1.165) is 10.0 Å². The van der Waals surface area contributed by atoms with Gasteiger partial charge in [-0.15, -0.1) is 0 Å². The largest absolute Gasteiger partial charge is 0.345 e. The molecule has 0 aliphatic heterocycles. The van der Waals surface area contributed by atoms with E-state index in [1.807, 2.05) is 0 Å². The maximum Gasteiger partial charge on any atom is 0.264 e. The van der Waals surface area contributed by atoms with Crippen LogP contribution in [0.5, 0.6) is 0 Å². The molecule has 0 aromatic heterocycles.